The third-order valence-corrected chi connectivity index (χ3v) is 6.62. The quantitative estimate of drug-likeness (QED) is 0.223. The number of hydrogen-bond donors (Lipinski definition) is 3. The van der Waals surface area contributed by atoms with Gasteiger partial charge in [0.25, 0.3) is 0 Å². The number of aromatic nitrogens is 6. The van der Waals surface area contributed by atoms with E-state index in [1.54, 1.807) is 18.6 Å². The van der Waals surface area contributed by atoms with Gasteiger partial charge in [-0.3, -0.25) is 15.1 Å². The van der Waals surface area contributed by atoms with E-state index >= 15 is 0 Å². The van der Waals surface area contributed by atoms with Gasteiger partial charge in [-0.15, -0.1) is 0 Å². The lowest BCUT2D eigenvalue weighted by Crippen LogP contribution is -1.96. The molecule has 40 heavy (non-hydrogen) atoms. The molecule has 194 valence electrons. The highest BCUT2D eigenvalue weighted by molar-refractivity contribution is 5.99. The van der Waals surface area contributed by atoms with E-state index in [1.165, 1.54) is 12.1 Å². The predicted octanol–water partition coefficient (Wildman–Crippen LogP) is 6.65. The summed E-state index contributed by atoms with van der Waals surface area (Å²) < 4.78 is 20.0. The number of benzene rings is 2. The van der Waals surface area contributed by atoms with Crippen LogP contribution in [0.15, 0.2) is 97.5 Å². The van der Waals surface area contributed by atoms with Crippen LogP contribution in [0.4, 0.5) is 4.39 Å². The van der Waals surface area contributed by atoms with Gasteiger partial charge in [0.15, 0.2) is 0 Å². The van der Waals surface area contributed by atoms with Crippen molar-refractivity contribution in [3.63, 3.8) is 0 Å². The standard InChI is InChI=1S/C31H21FN6O2/c32-21-10-19(11-22(39)13-21)29-24-14-28(35-26(24)8-9-34-29)31-30-27(37-38-31)7-6-25(36-30)20-12-23(16-33-15-20)40-17-18-4-2-1-3-5-18/h1-16,35,39H,17H2,(H,37,38). The minimum atomic E-state index is -0.538. The number of nitrogens with zero attached hydrogens (tertiary/aromatic N) is 4. The Morgan fingerprint density at radius 2 is 1.75 bits per heavy atom. The Morgan fingerprint density at radius 1 is 0.850 bits per heavy atom. The molecular weight excluding hydrogens is 507 g/mol. The summed E-state index contributed by atoms with van der Waals surface area (Å²) in [5, 5.41) is 18.3. The summed E-state index contributed by atoms with van der Waals surface area (Å²) in [7, 11) is 0. The molecule has 7 aromatic rings. The van der Waals surface area contributed by atoms with Crippen molar-refractivity contribution in [3.8, 4) is 45.4 Å². The topological polar surface area (TPSA) is 113 Å². The average molecular weight is 529 g/mol. The Hall–Kier alpha value is -5.57. The van der Waals surface area contributed by atoms with E-state index in [2.05, 4.69) is 25.1 Å². The molecule has 0 saturated carbocycles. The number of ether oxygens (including phenoxy) is 1. The normalized spacial score (nSPS) is 11.3. The summed E-state index contributed by atoms with van der Waals surface area (Å²) in [5.41, 5.74) is 7.22. The summed E-state index contributed by atoms with van der Waals surface area (Å²) in [6.45, 7) is 0.441. The van der Waals surface area contributed by atoms with E-state index in [1.807, 2.05) is 60.7 Å². The third kappa shape index (κ3) is 4.39. The van der Waals surface area contributed by atoms with Crippen molar-refractivity contribution >= 4 is 21.9 Å². The molecule has 9 heteroatoms. The largest absolute Gasteiger partial charge is 0.508 e. The molecule has 5 aromatic heterocycles. The summed E-state index contributed by atoms with van der Waals surface area (Å²) in [6, 6.07) is 23.3. The summed E-state index contributed by atoms with van der Waals surface area (Å²) in [5.74, 6) is -0.0538. The molecule has 7 rings (SSSR count). The Morgan fingerprint density at radius 3 is 2.62 bits per heavy atom. The fourth-order valence-electron chi connectivity index (χ4n) is 4.75. The van der Waals surface area contributed by atoms with E-state index in [4.69, 9.17) is 9.72 Å². The van der Waals surface area contributed by atoms with Gasteiger partial charge in [0.05, 0.1) is 28.8 Å². The monoisotopic (exact) mass is 528 g/mol. The van der Waals surface area contributed by atoms with Crippen molar-refractivity contribution in [3.05, 3.63) is 109 Å². The van der Waals surface area contributed by atoms with Gasteiger partial charge in [0.1, 0.15) is 35.1 Å². The fraction of sp³-hybridized carbons (Fsp3) is 0.0323. The number of pyridine rings is 3. The van der Waals surface area contributed by atoms with Crippen LogP contribution in [0.5, 0.6) is 11.5 Å². The molecule has 0 spiro atoms. The van der Waals surface area contributed by atoms with Gasteiger partial charge >= 0.3 is 0 Å². The Labute approximate surface area is 227 Å². The van der Waals surface area contributed by atoms with Crippen molar-refractivity contribution in [2.45, 2.75) is 6.61 Å². The molecule has 3 N–H and O–H groups in total. The number of rotatable bonds is 6. The maximum Gasteiger partial charge on any atom is 0.138 e. The van der Waals surface area contributed by atoms with E-state index in [9.17, 15) is 9.50 Å². The zero-order chi connectivity index (χ0) is 27.1. The van der Waals surface area contributed by atoms with Crippen molar-refractivity contribution in [1.29, 1.82) is 0 Å². The number of H-pyrrole nitrogens is 2. The molecule has 0 aliphatic carbocycles. The van der Waals surface area contributed by atoms with Crippen LogP contribution < -0.4 is 4.74 Å². The van der Waals surface area contributed by atoms with Crippen LogP contribution in [0.2, 0.25) is 0 Å². The molecule has 0 saturated heterocycles. The lowest BCUT2D eigenvalue weighted by Gasteiger charge is -2.08. The molecule has 0 amide bonds. The van der Waals surface area contributed by atoms with Crippen molar-refractivity contribution in [1.82, 2.24) is 30.1 Å². The van der Waals surface area contributed by atoms with E-state index < -0.39 is 5.82 Å². The van der Waals surface area contributed by atoms with Gasteiger partial charge < -0.3 is 14.8 Å². The van der Waals surface area contributed by atoms with Gasteiger partial charge in [-0.2, -0.15) is 5.10 Å². The molecule has 0 fully saturated rings. The molecule has 0 aliphatic heterocycles. The highest BCUT2D eigenvalue weighted by Gasteiger charge is 2.17. The smallest absolute Gasteiger partial charge is 0.138 e. The third-order valence-electron chi connectivity index (χ3n) is 6.62. The minimum absolute atomic E-state index is 0.163. The minimum Gasteiger partial charge on any atom is -0.508 e. The number of aromatic hydroxyl groups is 1. The van der Waals surface area contributed by atoms with Gasteiger partial charge in [-0.25, -0.2) is 9.37 Å². The predicted molar refractivity (Wildman–Crippen MR) is 150 cm³/mol. The zero-order valence-electron chi connectivity index (χ0n) is 21.0. The van der Waals surface area contributed by atoms with Crippen molar-refractivity contribution in [2.24, 2.45) is 0 Å². The van der Waals surface area contributed by atoms with Crippen LogP contribution in [0.3, 0.4) is 0 Å². The van der Waals surface area contributed by atoms with Crippen LogP contribution in [0.1, 0.15) is 5.56 Å². The van der Waals surface area contributed by atoms with Crippen LogP contribution in [0.25, 0.3) is 55.8 Å². The Kier molecular flexibility index (Phi) is 5.67. The second-order valence-electron chi connectivity index (χ2n) is 9.35. The summed E-state index contributed by atoms with van der Waals surface area (Å²) in [6.07, 6.45) is 5.07. The van der Waals surface area contributed by atoms with E-state index in [0.717, 1.165) is 45.0 Å². The first kappa shape index (κ1) is 23.5. The first-order chi connectivity index (χ1) is 19.6. The van der Waals surface area contributed by atoms with Crippen LogP contribution in [0, 0.1) is 5.82 Å². The molecule has 8 nitrogen and oxygen atoms in total. The number of nitrogens with one attached hydrogen (secondary N) is 2. The van der Waals surface area contributed by atoms with Crippen molar-refractivity contribution in [2.75, 3.05) is 0 Å². The highest BCUT2D eigenvalue weighted by atomic mass is 19.1. The van der Waals surface area contributed by atoms with Gasteiger partial charge in [-0.05, 0) is 48.0 Å². The van der Waals surface area contributed by atoms with Crippen molar-refractivity contribution < 1.29 is 14.2 Å². The second-order valence-corrected chi connectivity index (χ2v) is 9.35. The molecule has 0 atom stereocenters. The highest BCUT2D eigenvalue weighted by Crippen LogP contribution is 2.34. The summed E-state index contributed by atoms with van der Waals surface area (Å²) >= 11 is 0. The number of phenols is 1. The molecule has 0 aliphatic rings. The first-order valence-electron chi connectivity index (χ1n) is 12.6. The van der Waals surface area contributed by atoms with Gasteiger partial charge in [0, 0.05) is 40.5 Å². The van der Waals surface area contributed by atoms with E-state index in [0.29, 0.717) is 34.8 Å². The fourth-order valence-corrected chi connectivity index (χ4v) is 4.75. The number of aromatic amines is 2. The number of hydrogen-bond acceptors (Lipinski definition) is 6. The molecule has 0 radical (unpaired) electrons. The SMILES string of the molecule is Oc1cc(F)cc(-c2nccc3[nH]c(-c4n[nH]c5ccc(-c6cncc(OCc7ccccc7)c6)nc45)cc23)c1. The van der Waals surface area contributed by atoms with E-state index in [-0.39, 0.29) is 5.75 Å². The molecule has 0 unspecified atom stereocenters. The Bertz CT molecular complexity index is 1980. The van der Waals surface area contributed by atoms with Gasteiger partial charge in [0.2, 0.25) is 0 Å². The molecule has 0 bridgehead atoms. The Balaban J connectivity index is 1.25. The number of halogens is 1. The lowest BCUT2D eigenvalue weighted by atomic mass is 10.1. The first-order valence-corrected chi connectivity index (χ1v) is 12.6. The van der Waals surface area contributed by atoms with Crippen LogP contribution >= 0.6 is 0 Å². The second kappa shape index (κ2) is 9.63. The zero-order valence-corrected chi connectivity index (χ0v) is 21.0. The number of fused-ring (bicyclic) bond motifs is 2. The molecular formula is C31H21FN6O2. The van der Waals surface area contributed by atoms with Crippen LogP contribution in [-0.2, 0) is 6.61 Å². The van der Waals surface area contributed by atoms with Gasteiger partial charge in [-0.1, -0.05) is 30.3 Å². The number of phenolic OH excluding ortho intramolecular Hbond substituents is 1. The lowest BCUT2D eigenvalue weighted by molar-refractivity contribution is 0.305. The summed E-state index contributed by atoms with van der Waals surface area (Å²) in [4.78, 5) is 17.1. The molecule has 2 aromatic carbocycles. The molecule has 5 heterocycles. The average Bonchev–Trinajstić information content (AvgIpc) is 3.60. The maximum atomic E-state index is 14.0. The maximum absolute atomic E-state index is 14.0. The van der Waals surface area contributed by atoms with Crippen LogP contribution in [-0.4, -0.2) is 35.2 Å².